The molecule has 92 valence electrons. The molecule has 2 unspecified atom stereocenters. The van der Waals surface area contributed by atoms with Crippen LogP contribution in [0.5, 0.6) is 0 Å². The van der Waals surface area contributed by atoms with Gasteiger partial charge in [-0.1, -0.05) is 6.92 Å². The van der Waals surface area contributed by atoms with Crippen molar-refractivity contribution in [3.05, 3.63) is 33.9 Å². The summed E-state index contributed by atoms with van der Waals surface area (Å²) in [6.07, 6.45) is 1.16. The molecule has 1 heterocycles. The molecule has 0 aliphatic carbocycles. The lowest BCUT2D eigenvalue weighted by molar-refractivity contribution is -0.384. The van der Waals surface area contributed by atoms with Crippen molar-refractivity contribution in [3.8, 4) is 0 Å². The third-order valence-electron chi connectivity index (χ3n) is 3.14. The van der Waals surface area contributed by atoms with Crippen LogP contribution in [-0.2, 0) is 0 Å². The lowest BCUT2D eigenvalue weighted by Crippen LogP contribution is -2.25. The Hall–Kier alpha value is -1.23. The van der Waals surface area contributed by atoms with Gasteiger partial charge in [-0.3, -0.25) is 10.1 Å². The summed E-state index contributed by atoms with van der Waals surface area (Å²) in [4.78, 5) is 10.3. The van der Waals surface area contributed by atoms with E-state index in [4.69, 9.17) is 0 Å². The largest absolute Gasteiger partial charge is 0.381 e. The second-order valence-electron chi connectivity index (χ2n) is 4.37. The van der Waals surface area contributed by atoms with Crippen LogP contribution in [-0.4, -0.2) is 22.0 Å². The maximum Gasteiger partial charge on any atom is 0.269 e. The monoisotopic (exact) mass is 252 g/mol. The fraction of sp³-hybridized carbons (Fsp3) is 0.500. The molecule has 1 N–H and O–H groups in total. The van der Waals surface area contributed by atoms with Gasteiger partial charge in [0.15, 0.2) is 0 Å². The Morgan fingerprint density at radius 3 is 2.82 bits per heavy atom. The average Bonchev–Trinajstić information content (AvgIpc) is 2.67. The molecular formula is C12H16N2O2S. The number of aryl methyl sites for hydroxylation is 1. The number of nitro benzene ring substituents is 1. The maximum atomic E-state index is 10.6. The van der Waals surface area contributed by atoms with Crippen LogP contribution in [0.15, 0.2) is 18.2 Å². The second kappa shape index (κ2) is 4.96. The second-order valence-corrected chi connectivity index (χ2v) is 5.86. The van der Waals surface area contributed by atoms with Crippen LogP contribution in [0.3, 0.4) is 0 Å². The van der Waals surface area contributed by atoms with Gasteiger partial charge in [0.1, 0.15) is 0 Å². The van der Waals surface area contributed by atoms with Crippen LogP contribution >= 0.6 is 11.8 Å². The van der Waals surface area contributed by atoms with Gasteiger partial charge in [0.05, 0.1) is 4.92 Å². The van der Waals surface area contributed by atoms with E-state index in [0.29, 0.717) is 11.3 Å². The van der Waals surface area contributed by atoms with Crippen molar-refractivity contribution in [1.29, 1.82) is 0 Å². The zero-order chi connectivity index (χ0) is 12.4. The molecule has 2 atom stereocenters. The van der Waals surface area contributed by atoms with Gasteiger partial charge in [-0.25, -0.2) is 0 Å². The van der Waals surface area contributed by atoms with Crippen LogP contribution in [0.1, 0.15) is 18.9 Å². The van der Waals surface area contributed by atoms with E-state index in [2.05, 4.69) is 12.2 Å². The van der Waals surface area contributed by atoms with Crippen LogP contribution in [0.2, 0.25) is 0 Å². The molecule has 17 heavy (non-hydrogen) atoms. The van der Waals surface area contributed by atoms with Gasteiger partial charge in [-0.2, -0.15) is 11.8 Å². The number of non-ortho nitro benzene ring substituents is 1. The molecular weight excluding hydrogens is 236 g/mol. The highest BCUT2D eigenvalue weighted by atomic mass is 32.2. The highest BCUT2D eigenvalue weighted by Gasteiger charge is 2.24. The summed E-state index contributed by atoms with van der Waals surface area (Å²) in [5, 5.41) is 14.7. The van der Waals surface area contributed by atoms with E-state index < -0.39 is 0 Å². The fourth-order valence-electron chi connectivity index (χ4n) is 2.04. The van der Waals surface area contributed by atoms with E-state index in [0.717, 1.165) is 17.7 Å². The first-order valence-electron chi connectivity index (χ1n) is 5.71. The molecule has 1 aromatic rings. The van der Waals surface area contributed by atoms with Crippen molar-refractivity contribution in [2.45, 2.75) is 31.6 Å². The summed E-state index contributed by atoms with van der Waals surface area (Å²) >= 11 is 1.97. The Labute approximate surface area is 105 Å². The quantitative estimate of drug-likeness (QED) is 0.663. The number of nitro groups is 1. The van der Waals surface area contributed by atoms with E-state index >= 15 is 0 Å². The standard InChI is InChI=1S/C12H16N2O2S/c1-8-7-10(14(15)16)3-4-11(8)13-12-5-6-17-9(12)2/h3-4,7,9,12-13H,5-6H2,1-2H3. The predicted octanol–water partition coefficient (Wildman–Crippen LogP) is 3.21. The number of thioether (sulfide) groups is 1. The first kappa shape index (κ1) is 12.2. The maximum absolute atomic E-state index is 10.6. The van der Waals surface area contributed by atoms with Gasteiger partial charge in [-0.05, 0) is 30.7 Å². The molecule has 5 heteroatoms. The molecule has 2 rings (SSSR count). The smallest absolute Gasteiger partial charge is 0.269 e. The van der Waals surface area contributed by atoms with E-state index in [1.807, 2.05) is 24.8 Å². The molecule has 0 amide bonds. The molecule has 4 nitrogen and oxygen atoms in total. The predicted molar refractivity (Wildman–Crippen MR) is 71.8 cm³/mol. The van der Waals surface area contributed by atoms with Gasteiger partial charge >= 0.3 is 0 Å². The van der Waals surface area contributed by atoms with Gasteiger partial charge in [0.2, 0.25) is 0 Å². The summed E-state index contributed by atoms with van der Waals surface area (Å²) in [7, 11) is 0. The van der Waals surface area contributed by atoms with Crippen molar-refractivity contribution in [2.75, 3.05) is 11.1 Å². The topological polar surface area (TPSA) is 55.2 Å². The molecule has 0 saturated carbocycles. The molecule has 1 aromatic carbocycles. The third kappa shape index (κ3) is 2.72. The molecule has 0 aromatic heterocycles. The Bertz CT molecular complexity index is 437. The Kier molecular flexibility index (Phi) is 3.57. The van der Waals surface area contributed by atoms with Gasteiger partial charge < -0.3 is 5.32 Å². The minimum absolute atomic E-state index is 0.155. The molecule has 0 radical (unpaired) electrons. The average molecular weight is 252 g/mol. The lowest BCUT2D eigenvalue weighted by Gasteiger charge is -2.19. The van der Waals surface area contributed by atoms with E-state index in [1.54, 1.807) is 12.1 Å². The Morgan fingerprint density at radius 2 is 2.29 bits per heavy atom. The van der Waals surface area contributed by atoms with Crippen molar-refractivity contribution >= 4 is 23.1 Å². The lowest BCUT2D eigenvalue weighted by atomic mass is 10.1. The van der Waals surface area contributed by atoms with Crippen molar-refractivity contribution in [3.63, 3.8) is 0 Å². The third-order valence-corrected chi connectivity index (χ3v) is 4.46. The van der Waals surface area contributed by atoms with Crippen LogP contribution < -0.4 is 5.32 Å². The Morgan fingerprint density at radius 1 is 1.53 bits per heavy atom. The molecule has 0 bridgehead atoms. The van der Waals surface area contributed by atoms with Crippen molar-refractivity contribution in [2.24, 2.45) is 0 Å². The van der Waals surface area contributed by atoms with Gasteiger partial charge in [-0.15, -0.1) is 0 Å². The molecule has 1 saturated heterocycles. The Balaban J connectivity index is 2.14. The highest BCUT2D eigenvalue weighted by Crippen LogP contribution is 2.30. The highest BCUT2D eigenvalue weighted by molar-refractivity contribution is 8.00. The summed E-state index contributed by atoms with van der Waals surface area (Å²) in [5.74, 6) is 1.19. The van der Waals surface area contributed by atoms with Gasteiger partial charge in [0, 0.05) is 29.1 Å². The van der Waals surface area contributed by atoms with Crippen LogP contribution in [0.4, 0.5) is 11.4 Å². The van der Waals surface area contributed by atoms with Gasteiger partial charge in [0.25, 0.3) is 5.69 Å². The van der Waals surface area contributed by atoms with E-state index in [-0.39, 0.29) is 10.6 Å². The molecule has 1 aliphatic rings. The molecule has 0 spiro atoms. The minimum Gasteiger partial charge on any atom is -0.381 e. The zero-order valence-electron chi connectivity index (χ0n) is 9.97. The fourth-order valence-corrected chi connectivity index (χ4v) is 3.24. The number of nitrogens with one attached hydrogen (secondary N) is 1. The summed E-state index contributed by atoms with van der Waals surface area (Å²) in [6, 6.07) is 5.46. The SMILES string of the molecule is Cc1cc([N+](=O)[O-])ccc1NC1CCSC1C. The summed E-state index contributed by atoms with van der Waals surface area (Å²) in [6.45, 7) is 4.12. The number of hydrogen-bond acceptors (Lipinski definition) is 4. The molecule has 1 fully saturated rings. The zero-order valence-corrected chi connectivity index (χ0v) is 10.8. The number of hydrogen-bond donors (Lipinski definition) is 1. The number of rotatable bonds is 3. The number of anilines is 1. The first-order chi connectivity index (χ1) is 8.08. The van der Waals surface area contributed by atoms with Crippen LogP contribution in [0.25, 0.3) is 0 Å². The number of nitrogens with zero attached hydrogens (tertiary/aromatic N) is 1. The normalized spacial score (nSPS) is 23.6. The van der Waals surface area contributed by atoms with Crippen molar-refractivity contribution < 1.29 is 4.92 Å². The van der Waals surface area contributed by atoms with Crippen molar-refractivity contribution in [1.82, 2.24) is 0 Å². The minimum atomic E-state index is -0.356. The summed E-state index contributed by atoms with van der Waals surface area (Å²) in [5.41, 5.74) is 2.10. The van der Waals surface area contributed by atoms with Crippen LogP contribution in [0, 0.1) is 17.0 Å². The first-order valence-corrected chi connectivity index (χ1v) is 6.76. The summed E-state index contributed by atoms with van der Waals surface area (Å²) < 4.78 is 0. The number of benzene rings is 1. The molecule has 1 aliphatic heterocycles. The van der Waals surface area contributed by atoms with E-state index in [1.165, 1.54) is 5.75 Å². The van der Waals surface area contributed by atoms with E-state index in [9.17, 15) is 10.1 Å².